The number of aliphatic carboxylic acids is 1. The van der Waals surface area contributed by atoms with E-state index in [0.717, 1.165) is 12.1 Å². The number of carboxylic acid groups (broad SMARTS) is 1. The highest BCUT2D eigenvalue weighted by atomic mass is 19.2. The van der Waals surface area contributed by atoms with Gasteiger partial charge in [0.15, 0.2) is 17.5 Å². The lowest BCUT2D eigenvalue weighted by Crippen LogP contribution is -2.41. The predicted molar refractivity (Wildman–Crippen MR) is 75.4 cm³/mol. The number of amides is 1. The van der Waals surface area contributed by atoms with Gasteiger partial charge in [-0.05, 0) is 44.9 Å². The molecule has 1 rings (SSSR count). The molecule has 0 heterocycles. The lowest BCUT2D eigenvalue weighted by Gasteiger charge is -2.23. The molecular formula is C15H18F3NO4. The fourth-order valence-electron chi connectivity index (χ4n) is 1.87. The Kier molecular flexibility index (Phi) is 6.00. The Balaban J connectivity index is 2.87. The Morgan fingerprint density at radius 1 is 1.22 bits per heavy atom. The highest BCUT2D eigenvalue weighted by molar-refractivity contribution is 5.71. The van der Waals surface area contributed by atoms with Crippen molar-refractivity contribution in [2.24, 2.45) is 0 Å². The zero-order chi connectivity index (χ0) is 17.8. The van der Waals surface area contributed by atoms with Crippen molar-refractivity contribution in [1.82, 2.24) is 5.32 Å². The van der Waals surface area contributed by atoms with Gasteiger partial charge in [0.25, 0.3) is 0 Å². The molecule has 0 saturated carbocycles. The van der Waals surface area contributed by atoms with Gasteiger partial charge in [-0.15, -0.1) is 0 Å². The van der Waals surface area contributed by atoms with Crippen LogP contribution in [0, 0.1) is 17.5 Å². The first-order valence-electron chi connectivity index (χ1n) is 6.82. The number of rotatable bonds is 5. The molecule has 0 bridgehead atoms. The molecule has 0 radical (unpaired) electrons. The van der Waals surface area contributed by atoms with Gasteiger partial charge in [-0.2, -0.15) is 0 Å². The molecule has 1 amide bonds. The van der Waals surface area contributed by atoms with Crippen LogP contribution in [-0.2, 0) is 16.0 Å². The average Bonchev–Trinajstić information content (AvgIpc) is 2.32. The molecule has 0 aliphatic rings. The summed E-state index contributed by atoms with van der Waals surface area (Å²) >= 11 is 0. The molecule has 0 fully saturated rings. The molecule has 0 saturated heterocycles. The summed E-state index contributed by atoms with van der Waals surface area (Å²) in [6.07, 6.45) is -1.54. The topological polar surface area (TPSA) is 75.6 Å². The first kappa shape index (κ1) is 18.8. The third kappa shape index (κ3) is 6.58. The van der Waals surface area contributed by atoms with Gasteiger partial charge in [-0.3, -0.25) is 4.79 Å². The lowest BCUT2D eigenvalue weighted by atomic mass is 10.0. The van der Waals surface area contributed by atoms with Crippen LogP contribution in [0.25, 0.3) is 0 Å². The van der Waals surface area contributed by atoms with Crippen molar-refractivity contribution in [3.05, 3.63) is 35.1 Å². The fourth-order valence-corrected chi connectivity index (χ4v) is 1.87. The molecule has 128 valence electrons. The third-order valence-electron chi connectivity index (χ3n) is 2.67. The van der Waals surface area contributed by atoms with E-state index in [4.69, 9.17) is 9.84 Å². The van der Waals surface area contributed by atoms with E-state index < -0.39 is 47.6 Å². The molecule has 1 aromatic carbocycles. The maximum atomic E-state index is 13.2. The highest BCUT2D eigenvalue weighted by Crippen LogP contribution is 2.16. The van der Waals surface area contributed by atoms with Gasteiger partial charge in [0, 0.05) is 6.04 Å². The van der Waals surface area contributed by atoms with Gasteiger partial charge in [0.05, 0.1) is 6.42 Å². The van der Waals surface area contributed by atoms with Crippen molar-refractivity contribution < 1.29 is 32.6 Å². The molecule has 0 aromatic heterocycles. The van der Waals surface area contributed by atoms with Crippen LogP contribution in [0.15, 0.2) is 12.1 Å². The zero-order valence-electron chi connectivity index (χ0n) is 13.0. The number of benzene rings is 1. The molecule has 5 nitrogen and oxygen atoms in total. The van der Waals surface area contributed by atoms with Crippen LogP contribution in [-0.4, -0.2) is 28.8 Å². The molecule has 2 N–H and O–H groups in total. The van der Waals surface area contributed by atoms with Crippen LogP contribution in [0.1, 0.15) is 32.8 Å². The zero-order valence-corrected chi connectivity index (χ0v) is 13.0. The van der Waals surface area contributed by atoms with E-state index in [9.17, 15) is 22.8 Å². The summed E-state index contributed by atoms with van der Waals surface area (Å²) in [5, 5.41) is 11.2. The fraction of sp³-hybridized carbons (Fsp3) is 0.467. The van der Waals surface area contributed by atoms with Crippen molar-refractivity contribution >= 4 is 12.1 Å². The van der Waals surface area contributed by atoms with E-state index in [1.807, 2.05) is 0 Å². The standard InChI is InChI=1S/C15H18F3NO4/c1-15(2,3)23-14(22)19-9(7-12(20)21)4-8-5-10(16)13(18)11(17)6-8/h5-6,9H,4,7H2,1-3H3,(H,19,22)(H,20,21)/t9-/m0/s1. The quantitative estimate of drug-likeness (QED) is 0.812. The highest BCUT2D eigenvalue weighted by Gasteiger charge is 2.22. The maximum absolute atomic E-state index is 13.2. The van der Waals surface area contributed by atoms with Crippen molar-refractivity contribution in [3.63, 3.8) is 0 Å². The minimum Gasteiger partial charge on any atom is -0.481 e. The van der Waals surface area contributed by atoms with Crippen molar-refractivity contribution in [2.45, 2.75) is 45.3 Å². The predicted octanol–water partition coefficient (Wildman–Crippen LogP) is 3.01. The number of nitrogens with one attached hydrogen (secondary N) is 1. The second-order valence-electron chi connectivity index (χ2n) is 6.02. The second kappa shape index (κ2) is 7.34. The summed E-state index contributed by atoms with van der Waals surface area (Å²) in [4.78, 5) is 22.5. The summed E-state index contributed by atoms with van der Waals surface area (Å²) in [6.45, 7) is 4.89. The van der Waals surface area contributed by atoms with Gasteiger partial charge < -0.3 is 15.2 Å². The van der Waals surface area contributed by atoms with E-state index in [-0.39, 0.29) is 12.0 Å². The normalized spacial score (nSPS) is 12.6. The number of ether oxygens (including phenoxy) is 1. The Morgan fingerprint density at radius 2 is 1.74 bits per heavy atom. The van der Waals surface area contributed by atoms with Crippen molar-refractivity contribution in [3.8, 4) is 0 Å². The van der Waals surface area contributed by atoms with Gasteiger partial charge >= 0.3 is 12.1 Å². The minimum atomic E-state index is -1.61. The first-order valence-corrected chi connectivity index (χ1v) is 6.82. The summed E-state index contributed by atoms with van der Waals surface area (Å²) in [5.41, 5.74) is -0.768. The van der Waals surface area contributed by atoms with Crippen LogP contribution in [0.4, 0.5) is 18.0 Å². The minimum absolute atomic E-state index is 0.0173. The van der Waals surface area contributed by atoms with Crippen molar-refractivity contribution in [1.29, 1.82) is 0 Å². The number of carbonyl (C=O) groups excluding carboxylic acids is 1. The van der Waals surface area contributed by atoms with E-state index in [1.54, 1.807) is 20.8 Å². The van der Waals surface area contributed by atoms with Gasteiger partial charge in [0.1, 0.15) is 5.60 Å². The smallest absolute Gasteiger partial charge is 0.407 e. The summed E-state index contributed by atoms with van der Waals surface area (Å²) < 4.78 is 44.3. The second-order valence-corrected chi connectivity index (χ2v) is 6.02. The monoisotopic (exact) mass is 333 g/mol. The van der Waals surface area contributed by atoms with Crippen LogP contribution in [0.2, 0.25) is 0 Å². The molecule has 1 aromatic rings. The number of carbonyl (C=O) groups is 2. The van der Waals surface area contributed by atoms with Crippen molar-refractivity contribution in [2.75, 3.05) is 0 Å². The number of hydrogen-bond acceptors (Lipinski definition) is 3. The number of alkyl carbamates (subject to hydrolysis) is 1. The summed E-state index contributed by atoms with van der Waals surface area (Å²) in [7, 11) is 0. The van der Waals surface area contributed by atoms with E-state index in [1.165, 1.54) is 0 Å². The summed E-state index contributed by atoms with van der Waals surface area (Å²) in [6, 6.07) is 0.542. The van der Waals surface area contributed by atoms with Gasteiger partial charge in [0.2, 0.25) is 0 Å². The largest absolute Gasteiger partial charge is 0.481 e. The van der Waals surface area contributed by atoms with E-state index >= 15 is 0 Å². The Morgan fingerprint density at radius 3 is 2.17 bits per heavy atom. The number of halogens is 3. The molecule has 0 spiro atoms. The third-order valence-corrected chi connectivity index (χ3v) is 2.67. The van der Waals surface area contributed by atoms with E-state index in [0.29, 0.717) is 0 Å². The van der Waals surface area contributed by atoms with Crippen LogP contribution < -0.4 is 5.32 Å². The summed E-state index contributed by atoms with van der Waals surface area (Å²) in [5.74, 6) is -5.59. The maximum Gasteiger partial charge on any atom is 0.407 e. The molecule has 23 heavy (non-hydrogen) atoms. The lowest BCUT2D eigenvalue weighted by molar-refractivity contribution is -0.137. The van der Waals surface area contributed by atoms with Gasteiger partial charge in [-0.25, -0.2) is 18.0 Å². The van der Waals surface area contributed by atoms with Gasteiger partial charge in [-0.1, -0.05) is 0 Å². The van der Waals surface area contributed by atoms with Crippen LogP contribution in [0.3, 0.4) is 0 Å². The SMILES string of the molecule is CC(C)(C)OC(=O)N[C@H](CC(=O)O)Cc1cc(F)c(F)c(F)c1. The first-order chi connectivity index (χ1) is 10.5. The number of carboxylic acids is 1. The molecule has 0 aliphatic carbocycles. The molecular weight excluding hydrogens is 315 g/mol. The number of hydrogen-bond donors (Lipinski definition) is 2. The molecule has 8 heteroatoms. The Labute approximate surface area is 131 Å². The molecule has 0 unspecified atom stereocenters. The Bertz CT molecular complexity index is 576. The van der Waals surface area contributed by atoms with Crippen LogP contribution >= 0.6 is 0 Å². The van der Waals surface area contributed by atoms with E-state index in [2.05, 4.69) is 5.32 Å². The van der Waals surface area contributed by atoms with Crippen LogP contribution in [0.5, 0.6) is 0 Å². The average molecular weight is 333 g/mol. The molecule has 1 atom stereocenters. The molecule has 0 aliphatic heterocycles. The Hall–Kier alpha value is -2.25.